The van der Waals surface area contributed by atoms with Gasteiger partial charge in [0.25, 0.3) is 0 Å². The van der Waals surface area contributed by atoms with Crippen molar-refractivity contribution in [3.63, 3.8) is 0 Å². The normalized spacial score (nSPS) is 16.7. The molecule has 0 bridgehead atoms. The highest BCUT2D eigenvalue weighted by Crippen LogP contribution is 1.97. The zero-order chi connectivity index (χ0) is 12.5. The lowest BCUT2D eigenvalue weighted by Gasteiger charge is -2.27. The maximum Gasteiger partial charge on any atom is 0.303 e. The molecule has 0 amide bonds. The molecule has 6 heteroatoms. The molecule has 0 atom stereocenters. The molecule has 98 valence electrons. The molecule has 17 heavy (non-hydrogen) atoms. The first-order valence-corrected chi connectivity index (χ1v) is 6.51. The Bertz CT molecular complexity index is 255. The molecule has 1 saturated heterocycles. The van der Waals surface area contributed by atoms with Gasteiger partial charge in [0, 0.05) is 45.7 Å². The quantitative estimate of drug-likeness (QED) is 0.562. The highest BCUT2D eigenvalue weighted by molar-refractivity contribution is 7.80. The monoisotopic (exact) mass is 259 g/mol. The third-order valence-corrected chi connectivity index (χ3v) is 3.10. The minimum atomic E-state index is -0.756. The molecule has 1 fully saturated rings. The summed E-state index contributed by atoms with van der Waals surface area (Å²) in [5, 5.41) is 15.0. The van der Waals surface area contributed by atoms with Crippen LogP contribution in [-0.4, -0.2) is 60.2 Å². The zero-order valence-corrected chi connectivity index (χ0v) is 10.9. The van der Waals surface area contributed by atoms with Crippen molar-refractivity contribution in [1.29, 1.82) is 0 Å². The largest absolute Gasteiger partial charge is 0.481 e. The number of carboxylic acid groups (broad SMARTS) is 1. The summed E-state index contributed by atoms with van der Waals surface area (Å²) in [5.41, 5.74) is 0. The van der Waals surface area contributed by atoms with Crippen LogP contribution in [0.4, 0.5) is 0 Å². The van der Waals surface area contributed by atoms with E-state index in [1.807, 2.05) is 0 Å². The standard InChI is InChI=1S/C11H21N3O2S/c15-11(16)3-1-2-10(17)13-6-9-14-7-4-12-5-8-14/h12H,1-9H2,(H,13,17)(H,15,16). The van der Waals surface area contributed by atoms with Crippen molar-refractivity contribution in [2.45, 2.75) is 19.3 Å². The number of piperazine rings is 1. The van der Waals surface area contributed by atoms with Crippen LogP contribution in [0.3, 0.4) is 0 Å². The fourth-order valence-electron chi connectivity index (χ4n) is 1.78. The highest BCUT2D eigenvalue weighted by atomic mass is 32.1. The minimum Gasteiger partial charge on any atom is -0.481 e. The molecule has 0 aromatic rings. The predicted octanol–water partition coefficient (Wildman–Crippen LogP) is 0.0635. The van der Waals surface area contributed by atoms with Crippen molar-refractivity contribution >= 4 is 23.2 Å². The summed E-state index contributed by atoms with van der Waals surface area (Å²) < 4.78 is 0. The van der Waals surface area contributed by atoms with Crippen molar-refractivity contribution < 1.29 is 9.90 Å². The van der Waals surface area contributed by atoms with Gasteiger partial charge in [0.2, 0.25) is 0 Å². The van der Waals surface area contributed by atoms with Crippen molar-refractivity contribution in [3.8, 4) is 0 Å². The van der Waals surface area contributed by atoms with Gasteiger partial charge in [-0.1, -0.05) is 12.2 Å². The number of hydrogen-bond donors (Lipinski definition) is 3. The van der Waals surface area contributed by atoms with E-state index in [1.165, 1.54) is 0 Å². The van der Waals surface area contributed by atoms with Crippen LogP contribution in [0.1, 0.15) is 19.3 Å². The Morgan fingerprint density at radius 1 is 1.35 bits per heavy atom. The maximum absolute atomic E-state index is 10.3. The van der Waals surface area contributed by atoms with Gasteiger partial charge in [0.1, 0.15) is 0 Å². The first-order chi connectivity index (χ1) is 8.18. The van der Waals surface area contributed by atoms with Crippen LogP contribution in [0, 0.1) is 0 Å². The minimum absolute atomic E-state index is 0.194. The Morgan fingerprint density at radius 3 is 2.71 bits per heavy atom. The van der Waals surface area contributed by atoms with E-state index < -0.39 is 5.97 Å². The highest BCUT2D eigenvalue weighted by Gasteiger charge is 2.08. The molecular formula is C11H21N3O2S. The van der Waals surface area contributed by atoms with Gasteiger partial charge in [-0.25, -0.2) is 0 Å². The molecule has 0 unspecified atom stereocenters. The lowest BCUT2D eigenvalue weighted by Crippen LogP contribution is -2.46. The Morgan fingerprint density at radius 2 is 2.06 bits per heavy atom. The van der Waals surface area contributed by atoms with Crippen LogP contribution in [0.15, 0.2) is 0 Å². The van der Waals surface area contributed by atoms with Crippen molar-refractivity contribution in [2.24, 2.45) is 0 Å². The molecule has 0 spiro atoms. The van der Waals surface area contributed by atoms with E-state index in [0.29, 0.717) is 12.8 Å². The SMILES string of the molecule is O=C(O)CCCC(=S)NCCN1CCNCC1. The average molecular weight is 259 g/mol. The molecule has 0 aromatic heterocycles. The fourth-order valence-corrected chi connectivity index (χ4v) is 2.02. The molecule has 0 saturated carbocycles. The number of nitrogens with zero attached hydrogens (tertiary/aromatic N) is 1. The van der Waals surface area contributed by atoms with Crippen LogP contribution >= 0.6 is 12.2 Å². The molecule has 1 aliphatic rings. The van der Waals surface area contributed by atoms with Gasteiger partial charge in [0.15, 0.2) is 0 Å². The Balaban J connectivity index is 1.97. The zero-order valence-electron chi connectivity index (χ0n) is 10.1. The van der Waals surface area contributed by atoms with Crippen molar-refractivity contribution in [1.82, 2.24) is 15.5 Å². The summed E-state index contributed by atoms with van der Waals surface area (Å²) in [5.74, 6) is -0.756. The number of rotatable bonds is 7. The Hall–Kier alpha value is -0.720. The molecule has 3 N–H and O–H groups in total. The van der Waals surface area contributed by atoms with Crippen molar-refractivity contribution in [2.75, 3.05) is 39.3 Å². The van der Waals surface area contributed by atoms with Crippen molar-refractivity contribution in [3.05, 3.63) is 0 Å². The van der Waals surface area contributed by atoms with E-state index >= 15 is 0 Å². The smallest absolute Gasteiger partial charge is 0.303 e. The van der Waals surface area contributed by atoms with Crippen LogP contribution < -0.4 is 10.6 Å². The average Bonchev–Trinajstić information content (AvgIpc) is 2.30. The fraction of sp³-hybridized carbons (Fsp3) is 0.818. The number of hydrogen-bond acceptors (Lipinski definition) is 4. The molecular weight excluding hydrogens is 238 g/mol. The number of nitrogens with one attached hydrogen (secondary N) is 2. The number of carbonyl (C=O) groups is 1. The second kappa shape index (κ2) is 8.38. The Kier molecular flexibility index (Phi) is 7.07. The Labute approximate surface area is 108 Å². The van der Waals surface area contributed by atoms with Crippen LogP contribution in [-0.2, 0) is 4.79 Å². The summed E-state index contributed by atoms with van der Waals surface area (Å²) in [6.45, 7) is 6.15. The summed E-state index contributed by atoms with van der Waals surface area (Å²) in [4.78, 5) is 13.5. The van der Waals surface area contributed by atoms with E-state index in [4.69, 9.17) is 17.3 Å². The summed E-state index contributed by atoms with van der Waals surface area (Å²) >= 11 is 5.14. The van der Waals surface area contributed by atoms with Crippen LogP contribution in [0.2, 0.25) is 0 Å². The first kappa shape index (κ1) is 14.3. The van der Waals surface area contributed by atoms with Crippen LogP contribution in [0.5, 0.6) is 0 Å². The van der Waals surface area contributed by atoms with Gasteiger partial charge in [0.05, 0.1) is 4.99 Å². The van der Waals surface area contributed by atoms with E-state index in [0.717, 1.165) is 44.3 Å². The first-order valence-electron chi connectivity index (χ1n) is 6.10. The second-order valence-electron chi connectivity index (χ2n) is 4.19. The predicted molar refractivity (Wildman–Crippen MR) is 71.4 cm³/mol. The molecule has 1 aliphatic heterocycles. The topological polar surface area (TPSA) is 64.6 Å². The van der Waals surface area contributed by atoms with Gasteiger partial charge < -0.3 is 15.7 Å². The second-order valence-corrected chi connectivity index (χ2v) is 4.68. The number of thiocarbonyl (C=S) groups is 1. The van der Waals surface area contributed by atoms with E-state index in [-0.39, 0.29) is 6.42 Å². The molecule has 0 aliphatic carbocycles. The van der Waals surface area contributed by atoms with Gasteiger partial charge in [-0.15, -0.1) is 0 Å². The van der Waals surface area contributed by atoms with Gasteiger partial charge in [-0.3, -0.25) is 9.69 Å². The lowest BCUT2D eigenvalue weighted by molar-refractivity contribution is -0.137. The number of aliphatic carboxylic acids is 1. The van der Waals surface area contributed by atoms with E-state index in [2.05, 4.69) is 15.5 Å². The number of carboxylic acids is 1. The van der Waals surface area contributed by atoms with Gasteiger partial charge >= 0.3 is 5.97 Å². The van der Waals surface area contributed by atoms with Crippen LogP contribution in [0.25, 0.3) is 0 Å². The third kappa shape index (κ3) is 7.25. The van der Waals surface area contributed by atoms with E-state index in [9.17, 15) is 4.79 Å². The van der Waals surface area contributed by atoms with E-state index in [1.54, 1.807) is 0 Å². The third-order valence-electron chi connectivity index (χ3n) is 2.75. The molecule has 0 radical (unpaired) electrons. The summed E-state index contributed by atoms with van der Waals surface area (Å²) in [6.07, 6.45) is 1.48. The lowest BCUT2D eigenvalue weighted by atomic mass is 10.2. The molecule has 5 nitrogen and oxygen atoms in total. The van der Waals surface area contributed by atoms with Gasteiger partial charge in [-0.05, 0) is 12.8 Å². The maximum atomic E-state index is 10.3. The van der Waals surface area contributed by atoms with Gasteiger partial charge in [-0.2, -0.15) is 0 Å². The summed E-state index contributed by atoms with van der Waals surface area (Å²) in [7, 11) is 0. The summed E-state index contributed by atoms with van der Waals surface area (Å²) in [6, 6.07) is 0. The molecule has 1 rings (SSSR count). The molecule has 0 aromatic carbocycles. The molecule has 1 heterocycles.